The molecule has 0 fully saturated rings. The predicted octanol–water partition coefficient (Wildman–Crippen LogP) is 3.97. The van der Waals surface area contributed by atoms with Crippen molar-refractivity contribution in [2.45, 2.75) is 18.4 Å². The van der Waals surface area contributed by atoms with Crippen LogP contribution in [0.15, 0.2) is 78.9 Å². The van der Waals surface area contributed by atoms with Crippen molar-refractivity contribution in [1.82, 2.24) is 10.2 Å². The minimum atomic E-state index is -0.604. The maximum atomic E-state index is 13.5. The van der Waals surface area contributed by atoms with Gasteiger partial charge in [-0.2, -0.15) is 0 Å². The number of β-amino-alcohol motifs (C(OH)–C–C–N with tert-alkyl or cyclic N) is 1. The smallest absolute Gasteiger partial charge is 0.254 e. The molecule has 0 unspecified atom stereocenters. The van der Waals surface area contributed by atoms with Crippen LogP contribution in [0.3, 0.4) is 0 Å². The first-order chi connectivity index (χ1) is 15.6. The number of benzene rings is 3. The first-order valence-electron chi connectivity index (χ1n) is 10.7. The van der Waals surface area contributed by atoms with Gasteiger partial charge in [-0.3, -0.25) is 9.59 Å². The second-order valence-electron chi connectivity index (χ2n) is 7.81. The van der Waals surface area contributed by atoms with Crippen LogP contribution in [0.25, 0.3) is 0 Å². The summed E-state index contributed by atoms with van der Waals surface area (Å²) in [7, 11) is 0. The molecule has 0 bridgehead atoms. The Morgan fingerprint density at radius 3 is 2.38 bits per heavy atom. The fourth-order valence-electron chi connectivity index (χ4n) is 4.34. The van der Waals surface area contributed by atoms with Gasteiger partial charge in [0.25, 0.3) is 5.91 Å². The first-order valence-corrected chi connectivity index (χ1v) is 11.1. The maximum absolute atomic E-state index is 13.5. The molecule has 0 aromatic heterocycles. The number of amides is 2. The number of halogens is 1. The van der Waals surface area contributed by atoms with Crippen molar-refractivity contribution in [1.29, 1.82) is 0 Å². The number of aliphatic hydroxyl groups excluding tert-OH is 1. The molecular formula is C26H25ClN2O3. The number of nitrogens with one attached hydrogen (secondary N) is 1. The third-order valence-electron chi connectivity index (χ3n) is 5.83. The summed E-state index contributed by atoms with van der Waals surface area (Å²) in [5.41, 5.74) is 3.13. The Labute approximate surface area is 192 Å². The van der Waals surface area contributed by atoms with E-state index >= 15 is 0 Å². The SMILES string of the molecule is O=C(NCCc1ccccc1)[C@@H]1c2ccccc2C(=O)N(CCO)[C@H]1c1ccc(Cl)cc1. The van der Waals surface area contributed by atoms with Crippen LogP contribution in [-0.2, 0) is 11.2 Å². The maximum Gasteiger partial charge on any atom is 0.254 e. The van der Waals surface area contributed by atoms with Crippen LogP contribution in [0.4, 0.5) is 0 Å². The number of hydrogen-bond donors (Lipinski definition) is 2. The van der Waals surface area contributed by atoms with Gasteiger partial charge in [-0.15, -0.1) is 0 Å². The van der Waals surface area contributed by atoms with Crippen LogP contribution >= 0.6 is 11.6 Å². The Kier molecular flexibility index (Phi) is 6.88. The highest BCUT2D eigenvalue weighted by Gasteiger charge is 2.43. The van der Waals surface area contributed by atoms with Gasteiger partial charge in [-0.05, 0) is 41.3 Å². The molecule has 0 radical (unpaired) electrons. The van der Waals surface area contributed by atoms with Gasteiger partial charge < -0.3 is 15.3 Å². The number of nitrogens with zero attached hydrogens (tertiary/aromatic N) is 1. The van der Waals surface area contributed by atoms with E-state index in [9.17, 15) is 14.7 Å². The highest BCUT2D eigenvalue weighted by molar-refractivity contribution is 6.30. The monoisotopic (exact) mass is 448 g/mol. The van der Waals surface area contributed by atoms with Gasteiger partial charge in [-0.1, -0.05) is 72.3 Å². The van der Waals surface area contributed by atoms with Crippen molar-refractivity contribution in [3.63, 3.8) is 0 Å². The summed E-state index contributed by atoms with van der Waals surface area (Å²) in [5, 5.41) is 13.3. The average molecular weight is 449 g/mol. The van der Waals surface area contributed by atoms with Crippen LogP contribution in [0.2, 0.25) is 5.02 Å². The Bertz CT molecular complexity index is 1090. The van der Waals surface area contributed by atoms with Crippen molar-refractivity contribution < 1.29 is 14.7 Å². The Balaban J connectivity index is 1.69. The molecule has 0 spiro atoms. The molecule has 0 aliphatic carbocycles. The lowest BCUT2D eigenvalue weighted by Crippen LogP contribution is -2.48. The average Bonchev–Trinajstić information content (AvgIpc) is 2.82. The third-order valence-corrected chi connectivity index (χ3v) is 6.08. The molecule has 0 saturated heterocycles. The lowest BCUT2D eigenvalue weighted by molar-refractivity contribution is -0.124. The summed E-state index contributed by atoms with van der Waals surface area (Å²) >= 11 is 6.08. The number of aliphatic hydroxyl groups is 1. The number of fused-ring (bicyclic) bond motifs is 1. The van der Waals surface area contributed by atoms with Crippen LogP contribution in [-0.4, -0.2) is 41.5 Å². The molecule has 4 rings (SSSR count). The van der Waals surface area contributed by atoms with E-state index in [2.05, 4.69) is 5.32 Å². The zero-order valence-electron chi connectivity index (χ0n) is 17.6. The van der Waals surface area contributed by atoms with Gasteiger partial charge >= 0.3 is 0 Å². The lowest BCUT2D eigenvalue weighted by atomic mass is 9.79. The Hall–Kier alpha value is -3.15. The molecule has 164 valence electrons. The minimum absolute atomic E-state index is 0.133. The standard InChI is InChI=1S/C26H25ClN2O3/c27-20-12-10-19(11-13-20)24-23(25(31)28-15-14-18-6-2-1-3-7-18)21-8-4-5-9-22(21)26(32)29(24)16-17-30/h1-13,23-24,30H,14-17H2,(H,28,31)/t23-,24+/m1/s1. The summed E-state index contributed by atoms with van der Waals surface area (Å²) < 4.78 is 0. The van der Waals surface area contributed by atoms with Crippen molar-refractivity contribution >= 4 is 23.4 Å². The quantitative estimate of drug-likeness (QED) is 0.574. The Morgan fingerprint density at radius 2 is 1.66 bits per heavy atom. The van der Waals surface area contributed by atoms with E-state index in [0.29, 0.717) is 29.1 Å². The fraction of sp³-hybridized carbons (Fsp3) is 0.231. The van der Waals surface area contributed by atoms with E-state index in [-0.39, 0.29) is 25.0 Å². The number of hydrogen-bond acceptors (Lipinski definition) is 3. The summed E-state index contributed by atoms with van der Waals surface area (Å²) in [6.45, 7) is 0.428. The second kappa shape index (κ2) is 9.98. The third kappa shape index (κ3) is 4.54. The van der Waals surface area contributed by atoms with Gasteiger partial charge in [0.2, 0.25) is 5.91 Å². The molecule has 1 aliphatic rings. The van der Waals surface area contributed by atoms with E-state index in [0.717, 1.165) is 11.1 Å². The Morgan fingerprint density at radius 1 is 0.969 bits per heavy atom. The van der Waals surface area contributed by atoms with Crippen LogP contribution in [0.1, 0.15) is 39.0 Å². The van der Waals surface area contributed by atoms with Crippen molar-refractivity contribution in [2.75, 3.05) is 19.7 Å². The summed E-state index contributed by atoms with van der Waals surface area (Å²) in [6, 6.07) is 23.8. The van der Waals surface area contributed by atoms with Gasteiger partial charge in [0.05, 0.1) is 18.6 Å². The molecule has 5 nitrogen and oxygen atoms in total. The molecular weight excluding hydrogens is 424 g/mol. The van der Waals surface area contributed by atoms with Crippen LogP contribution < -0.4 is 5.32 Å². The molecule has 2 atom stereocenters. The van der Waals surface area contributed by atoms with Gasteiger partial charge in [0.1, 0.15) is 0 Å². The number of rotatable bonds is 7. The van der Waals surface area contributed by atoms with E-state index in [1.807, 2.05) is 54.6 Å². The molecule has 6 heteroatoms. The molecule has 1 heterocycles. The molecule has 2 amide bonds. The number of carbonyl (C=O) groups excluding carboxylic acids is 2. The van der Waals surface area contributed by atoms with Crippen molar-refractivity contribution in [2.24, 2.45) is 0 Å². The molecule has 3 aromatic rings. The number of carbonyl (C=O) groups is 2. The highest BCUT2D eigenvalue weighted by Crippen LogP contribution is 2.42. The van der Waals surface area contributed by atoms with Crippen molar-refractivity contribution in [3.05, 3.63) is 106 Å². The van der Waals surface area contributed by atoms with E-state index in [1.165, 1.54) is 0 Å². The molecule has 3 aromatic carbocycles. The molecule has 0 saturated carbocycles. The van der Waals surface area contributed by atoms with Crippen LogP contribution in [0.5, 0.6) is 0 Å². The largest absolute Gasteiger partial charge is 0.395 e. The zero-order chi connectivity index (χ0) is 22.5. The molecule has 32 heavy (non-hydrogen) atoms. The van der Waals surface area contributed by atoms with E-state index in [4.69, 9.17) is 11.6 Å². The van der Waals surface area contributed by atoms with E-state index in [1.54, 1.807) is 29.2 Å². The van der Waals surface area contributed by atoms with Crippen LogP contribution in [0, 0.1) is 0 Å². The van der Waals surface area contributed by atoms with Gasteiger partial charge in [0, 0.05) is 23.7 Å². The highest BCUT2D eigenvalue weighted by atomic mass is 35.5. The lowest BCUT2D eigenvalue weighted by Gasteiger charge is -2.41. The van der Waals surface area contributed by atoms with Gasteiger partial charge in [-0.25, -0.2) is 0 Å². The van der Waals surface area contributed by atoms with Crippen molar-refractivity contribution in [3.8, 4) is 0 Å². The summed E-state index contributed by atoms with van der Waals surface area (Å²) in [4.78, 5) is 28.4. The topological polar surface area (TPSA) is 69.6 Å². The fourth-order valence-corrected chi connectivity index (χ4v) is 4.47. The summed E-state index contributed by atoms with van der Waals surface area (Å²) in [6.07, 6.45) is 0.714. The second-order valence-corrected chi connectivity index (χ2v) is 8.25. The normalized spacial score (nSPS) is 17.7. The van der Waals surface area contributed by atoms with E-state index < -0.39 is 12.0 Å². The summed E-state index contributed by atoms with van der Waals surface area (Å²) in [5.74, 6) is -0.945. The molecule has 1 aliphatic heterocycles. The van der Waals surface area contributed by atoms with Gasteiger partial charge in [0.15, 0.2) is 0 Å². The molecule has 2 N–H and O–H groups in total. The zero-order valence-corrected chi connectivity index (χ0v) is 18.3. The minimum Gasteiger partial charge on any atom is -0.395 e. The predicted molar refractivity (Wildman–Crippen MR) is 125 cm³/mol. The first kappa shape index (κ1) is 22.1.